The smallest absolute Gasteiger partial charge is 0.150 e. The first-order valence-corrected chi connectivity index (χ1v) is 7.57. The number of thiophene rings is 1. The van der Waals surface area contributed by atoms with E-state index in [9.17, 15) is 0 Å². The van der Waals surface area contributed by atoms with E-state index < -0.39 is 0 Å². The number of hydrogen-bond donors (Lipinski definition) is 1. The van der Waals surface area contributed by atoms with Gasteiger partial charge in [0.05, 0.1) is 10.9 Å². The zero-order valence-corrected chi connectivity index (χ0v) is 12.3. The summed E-state index contributed by atoms with van der Waals surface area (Å²) in [6, 6.07) is 11.9. The van der Waals surface area contributed by atoms with Crippen molar-refractivity contribution in [1.82, 2.24) is 9.55 Å². The number of halogens is 1. The summed E-state index contributed by atoms with van der Waals surface area (Å²) in [5, 5.41) is 2.77. The van der Waals surface area contributed by atoms with Gasteiger partial charge in [-0.15, -0.1) is 11.3 Å². The Hall–Kier alpha value is -1.62. The van der Waals surface area contributed by atoms with Crippen LogP contribution < -0.4 is 5.73 Å². The van der Waals surface area contributed by atoms with E-state index >= 15 is 0 Å². The van der Waals surface area contributed by atoms with E-state index in [1.165, 1.54) is 0 Å². The van der Waals surface area contributed by atoms with E-state index in [-0.39, 0.29) is 6.04 Å². The molecule has 2 heterocycles. The maximum absolute atomic E-state index is 6.08. The molecule has 0 saturated carbocycles. The third-order valence-electron chi connectivity index (χ3n) is 3.20. The van der Waals surface area contributed by atoms with Crippen molar-refractivity contribution in [3.63, 3.8) is 0 Å². The van der Waals surface area contributed by atoms with Crippen LogP contribution in [0.2, 0.25) is 5.02 Å². The van der Waals surface area contributed by atoms with Crippen LogP contribution in [0, 0.1) is 0 Å². The fraction of sp³-hybridized carbons (Fsp3) is 0.133. The lowest BCUT2D eigenvalue weighted by Gasteiger charge is -2.19. The molecule has 3 rings (SSSR count). The van der Waals surface area contributed by atoms with E-state index in [0.29, 0.717) is 6.54 Å². The van der Waals surface area contributed by atoms with Gasteiger partial charge in [-0.1, -0.05) is 29.8 Å². The first-order chi connectivity index (χ1) is 9.79. The Bertz CT molecular complexity index is 691. The quantitative estimate of drug-likeness (QED) is 0.796. The Morgan fingerprint density at radius 1 is 1.30 bits per heavy atom. The molecule has 3 aromatic rings. The van der Waals surface area contributed by atoms with Crippen molar-refractivity contribution in [2.45, 2.75) is 6.04 Å². The monoisotopic (exact) mass is 303 g/mol. The van der Waals surface area contributed by atoms with Gasteiger partial charge in [0.1, 0.15) is 0 Å². The number of aromatic nitrogens is 2. The van der Waals surface area contributed by atoms with Crippen molar-refractivity contribution in [3.05, 3.63) is 64.8 Å². The molecule has 20 heavy (non-hydrogen) atoms. The molecule has 0 saturated heterocycles. The molecule has 0 fully saturated rings. The summed E-state index contributed by atoms with van der Waals surface area (Å²) in [6.07, 6.45) is 3.77. The molecule has 0 spiro atoms. The van der Waals surface area contributed by atoms with Crippen LogP contribution in [0.1, 0.15) is 11.6 Å². The molecule has 1 aromatic carbocycles. The summed E-state index contributed by atoms with van der Waals surface area (Å²) in [5.74, 6) is 0.940. The van der Waals surface area contributed by atoms with Crippen LogP contribution in [0.25, 0.3) is 10.7 Å². The molecular weight excluding hydrogens is 290 g/mol. The average molecular weight is 304 g/mol. The number of imidazole rings is 1. The highest BCUT2D eigenvalue weighted by Crippen LogP contribution is 2.28. The van der Waals surface area contributed by atoms with Gasteiger partial charge in [-0.3, -0.25) is 0 Å². The van der Waals surface area contributed by atoms with Crippen LogP contribution in [-0.2, 0) is 0 Å². The standard InChI is InChI=1S/C15H14ClN3S/c16-12-4-1-3-11(9-12)13(10-17)19-7-6-18-15(19)14-5-2-8-20-14/h1-9,13H,10,17H2. The van der Waals surface area contributed by atoms with Gasteiger partial charge < -0.3 is 10.3 Å². The number of hydrogen-bond acceptors (Lipinski definition) is 3. The molecule has 0 radical (unpaired) electrons. The maximum Gasteiger partial charge on any atom is 0.150 e. The SMILES string of the molecule is NCC(c1cccc(Cl)c1)n1ccnc1-c1cccs1. The molecule has 0 aliphatic rings. The van der Waals surface area contributed by atoms with Gasteiger partial charge in [-0.2, -0.15) is 0 Å². The zero-order chi connectivity index (χ0) is 13.9. The topological polar surface area (TPSA) is 43.8 Å². The largest absolute Gasteiger partial charge is 0.328 e. The molecule has 2 aromatic heterocycles. The van der Waals surface area contributed by atoms with Gasteiger partial charge in [0.25, 0.3) is 0 Å². The third kappa shape index (κ3) is 2.50. The molecule has 0 bridgehead atoms. The van der Waals surface area contributed by atoms with Gasteiger partial charge >= 0.3 is 0 Å². The number of nitrogens with two attached hydrogens (primary N) is 1. The van der Waals surface area contributed by atoms with E-state index in [1.807, 2.05) is 48.1 Å². The van der Waals surface area contributed by atoms with Crippen molar-refractivity contribution in [3.8, 4) is 10.7 Å². The molecule has 0 aliphatic heterocycles. The molecule has 5 heteroatoms. The lowest BCUT2D eigenvalue weighted by Crippen LogP contribution is -2.20. The molecule has 102 valence electrons. The third-order valence-corrected chi connectivity index (χ3v) is 4.30. The second-order valence-electron chi connectivity index (χ2n) is 4.44. The first kappa shape index (κ1) is 13.4. The maximum atomic E-state index is 6.08. The molecule has 3 nitrogen and oxygen atoms in total. The summed E-state index contributed by atoms with van der Waals surface area (Å²) in [5.41, 5.74) is 7.07. The summed E-state index contributed by atoms with van der Waals surface area (Å²) < 4.78 is 2.11. The highest BCUT2D eigenvalue weighted by atomic mass is 35.5. The lowest BCUT2D eigenvalue weighted by atomic mass is 10.1. The van der Waals surface area contributed by atoms with Crippen LogP contribution in [0.15, 0.2) is 54.2 Å². The van der Waals surface area contributed by atoms with Crippen molar-refractivity contribution in [2.75, 3.05) is 6.54 Å². The summed E-state index contributed by atoms with van der Waals surface area (Å²) in [7, 11) is 0. The van der Waals surface area contributed by atoms with Crippen LogP contribution in [0.4, 0.5) is 0 Å². The van der Waals surface area contributed by atoms with Gasteiger partial charge in [0.2, 0.25) is 0 Å². The van der Waals surface area contributed by atoms with Gasteiger partial charge in [0, 0.05) is 24.0 Å². The predicted molar refractivity (Wildman–Crippen MR) is 84.2 cm³/mol. The normalized spacial score (nSPS) is 12.5. The second kappa shape index (κ2) is 5.79. The van der Waals surface area contributed by atoms with E-state index in [4.69, 9.17) is 17.3 Å². The highest BCUT2D eigenvalue weighted by Gasteiger charge is 2.17. The Morgan fingerprint density at radius 2 is 2.20 bits per heavy atom. The number of nitrogens with zero attached hydrogens (tertiary/aromatic N) is 2. The second-order valence-corrected chi connectivity index (χ2v) is 5.83. The van der Waals surface area contributed by atoms with Gasteiger partial charge in [-0.05, 0) is 29.1 Å². The minimum Gasteiger partial charge on any atom is -0.328 e. The van der Waals surface area contributed by atoms with E-state index in [1.54, 1.807) is 11.3 Å². The van der Waals surface area contributed by atoms with Crippen LogP contribution >= 0.6 is 22.9 Å². The van der Waals surface area contributed by atoms with E-state index in [0.717, 1.165) is 21.3 Å². The summed E-state index contributed by atoms with van der Waals surface area (Å²) >= 11 is 7.75. The van der Waals surface area contributed by atoms with Crippen molar-refractivity contribution >= 4 is 22.9 Å². The Balaban J connectivity index is 2.05. The lowest BCUT2D eigenvalue weighted by molar-refractivity contribution is 0.601. The predicted octanol–water partition coefficient (Wildman–Crippen LogP) is 3.81. The fourth-order valence-electron chi connectivity index (χ4n) is 2.29. The van der Waals surface area contributed by atoms with E-state index in [2.05, 4.69) is 15.6 Å². The Kier molecular flexibility index (Phi) is 3.87. The minimum absolute atomic E-state index is 0.0355. The van der Waals surface area contributed by atoms with Crippen LogP contribution in [0.3, 0.4) is 0 Å². The number of benzene rings is 1. The molecule has 2 N–H and O–H groups in total. The molecule has 0 aliphatic carbocycles. The highest BCUT2D eigenvalue weighted by molar-refractivity contribution is 7.13. The molecule has 1 atom stereocenters. The average Bonchev–Trinajstić information content (AvgIpc) is 3.10. The molecule has 1 unspecified atom stereocenters. The number of rotatable bonds is 4. The summed E-state index contributed by atoms with van der Waals surface area (Å²) in [6.45, 7) is 0.495. The first-order valence-electron chi connectivity index (χ1n) is 6.32. The zero-order valence-electron chi connectivity index (χ0n) is 10.7. The van der Waals surface area contributed by atoms with Gasteiger partial charge in [0.15, 0.2) is 5.82 Å². The Morgan fingerprint density at radius 3 is 2.90 bits per heavy atom. The van der Waals surface area contributed by atoms with Gasteiger partial charge in [-0.25, -0.2) is 4.98 Å². The fourth-order valence-corrected chi connectivity index (χ4v) is 3.21. The molecule has 0 amide bonds. The van der Waals surface area contributed by atoms with Crippen molar-refractivity contribution in [2.24, 2.45) is 5.73 Å². The minimum atomic E-state index is 0.0355. The van der Waals surface area contributed by atoms with Crippen LogP contribution in [0.5, 0.6) is 0 Å². The Labute approximate surface area is 126 Å². The van der Waals surface area contributed by atoms with Crippen molar-refractivity contribution in [1.29, 1.82) is 0 Å². The molecular formula is C15H14ClN3S. The van der Waals surface area contributed by atoms with Crippen LogP contribution in [-0.4, -0.2) is 16.1 Å². The van der Waals surface area contributed by atoms with Crippen molar-refractivity contribution < 1.29 is 0 Å². The summed E-state index contributed by atoms with van der Waals surface area (Å²) in [4.78, 5) is 5.59.